The fourth-order valence-corrected chi connectivity index (χ4v) is 2.24. The minimum atomic E-state index is -1.08. The lowest BCUT2D eigenvalue weighted by Gasteiger charge is -2.21. The molecule has 0 fully saturated rings. The first-order valence-electron chi connectivity index (χ1n) is 7.80. The van der Waals surface area contributed by atoms with Gasteiger partial charge >= 0.3 is 0 Å². The first-order chi connectivity index (χ1) is 11.7. The van der Waals surface area contributed by atoms with Gasteiger partial charge in [-0.15, -0.1) is 0 Å². The Hall–Kier alpha value is -2.77. The van der Waals surface area contributed by atoms with Crippen molar-refractivity contribution in [3.05, 3.63) is 35.6 Å². The van der Waals surface area contributed by atoms with Crippen LogP contribution in [0.25, 0.3) is 0 Å². The normalized spacial score (nSPS) is 12.8. The molecule has 0 heterocycles. The maximum absolute atomic E-state index is 13.8. The summed E-state index contributed by atoms with van der Waals surface area (Å²) in [5.41, 5.74) is 5.48. The summed E-state index contributed by atoms with van der Waals surface area (Å²) in [6.45, 7) is 2.58. The minimum Gasteiger partial charge on any atom is -0.368 e. The summed E-state index contributed by atoms with van der Waals surface area (Å²) in [4.78, 5) is 46.3. The molecule has 2 atom stereocenters. The van der Waals surface area contributed by atoms with Crippen molar-refractivity contribution >= 4 is 23.5 Å². The van der Waals surface area contributed by atoms with E-state index in [0.29, 0.717) is 0 Å². The van der Waals surface area contributed by atoms with E-state index in [0.717, 1.165) is 0 Å². The van der Waals surface area contributed by atoms with Crippen LogP contribution in [0, 0.1) is 5.82 Å². The molecule has 0 radical (unpaired) electrons. The van der Waals surface area contributed by atoms with Crippen LogP contribution in [0.1, 0.15) is 32.3 Å². The molecule has 25 heavy (non-hydrogen) atoms. The van der Waals surface area contributed by atoms with E-state index in [-0.39, 0.29) is 30.6 Å². The van der Waals surface area contributed by atoms with E-state index in [1.807, 2.05) is 0 Å². The van der Waals surface area contributed by atoms with E-state index >= 15 is 0 Å². The topological polar surface area (TPSA) is 118 Å². The smallest absolute Gasteiger partial charge is 0.243 e. The lowest BCUT2D eigenvalue weighted by Crippen LogP contribution is -2.53. The molecule has 0 unspecified atom stereocenters. The Bertz CT molecular complexity index is 663. The summed E-state index contributed by atoms with van der Waals surface area (Å²) in [5.74, 6) is -2.59. The van der Waals surface area contributed by atoms with Gasteiger partial charge < -0.3 is 21.2 Å². The molecule has 0 aliphatic carbocycles. The molecule has 1 aromatic rings. The third-order valence-corrected chi connectivity index (χ3v) is 3.52. The van der Waals surface area contributed by atoms with E-state index in [2.05, 4.69) is 10.6 Å². The second-order valence-electron chi connectivity index (χ2n) is 5.75. The van der Waals surface area contributed by atoms with Gasteiger partial charge in [-0.1, -0.05) is 18.2 Å². The highest BCUT2D eigenvalue weighted by Gasteiger charge is 2.26. The third kappa shape index (κ3) is 7.11. The number of carbonyl (C=O) groups excluding carboxylic acids is 4. The van der Waals surface area contributed by atoms with Crippen molar-refractivity contribution in [3.63, 3.8) is 0 Å². The van der Waals surface area contributed by atoms with Crippen LogP contribution < -0.4 is 16.4 Å². The predicted octanol–water partition coefficient (Wildman–Crippen LogP) is 0.212. The number of amides is 3. The van der Waals surface area contributed by atoms with Crippen LogP contribution in [0.3, 0.4) is 0 Å². The number of halogens is 1. The van der Waals surface area contributed by atoms with Gasteiger partial charge in [0.1, 0.15) is 23.7 Å². The zero-order chi connectivity index (χ0) is 19.0. The van der Waals surface area contributed by atoms with Crippen LogP contribution in [-0.2, 0) is 25.6 Å². The minimum absolute atomic E-state index is 0.0584. The molecule has 0 spiro atoms. The SMILES string of the molecule is CC(=O)CC[C@@H](NC(=O)[C@H](Cc1ccccc1F)NC(C)=O)C(N)=O. The number of nitrogens with one attached hydrogen (secondary N) is 2. The van der Waals surface area contributed by atoms with Gasteiger partial charge in [0.15, 0.2) is 0 Å². The Morgan fingerprint density at radius 2 is 1.72 bits per heavy atom. The molecule has 0 bridgehead atoms. The van der Waals surface area contributed by atoms with E-state index in [9.17, 15) is 23.6 Å². The molecule has 0 aromatic heterocycles. The van der Waals surface area contributed by atoms with Crippen LogP contribution in [0.4, 0.5) is 4.39 Å². The highest BCUT2D eigenvalue weighted by molar-refractivity contribution is 5.91. The molecule has 8 heteroatoms. The summed E-state index contributed by atoms with van der Waals surface area (Å²) in [5, 5.41) is 4.84. The molecule has 136 valence electrons. The van der Waals surface area contributed by atoms with Gasteiger partial charge in [0, 0.05) is 19.8 Å². The molecule has 7 nitrogen and oxygen atoms in total. The van der Waals surface area contributed by atoms with Crippen molar-refractivity contribution in [2.75, 3.05) is 0 Å². The van der Waals surface area contributed by atoms with Crippen molar-refractivity contribution < 1.29 is 23.6 Å². The van der Waals surface area contributed by atoms with Gasteiger partial charge in [0.05, 0.1) is 0 Å². The highest BCUT2D eigenvalue weighted by Crippen LogP contribution is 2.10. The van der Waals surface area contributed by atoms with Crippen LogP contribution in [0.5, 0.6) is 0 Å². The maximum atomic E-state index is 13.8. The Kier molecular flexibility index (Phi) is 7.71. The van der Waals surface area contributed by atoms with Gasteiger partial charge in [0.2, 0.25) is 17.7 Å². The zero-order valence-electron chi connectivity index (χ0n) is 14.2. The number of hydrogen-bond acceptors (Lipinski definition) is 4. The fraction of sp³-hybridized carbons (Fsp3) is 0.412. The lowest BCUT2D eigenvalue weighted by atomic mass is 10.0. The van der Waals surface area contributed by atoms with E-state index < -0.39 is 35.6 Å². The molecule has 4 N–H and O–H groups in total. The molecule has 1 aromatic carbocycles. The number of rotatable bonds is 9. The Morgan fingerprint density at radius 1 is 1.08 bits per heavy atom. The van der Waals surface area contributed by atoms with Crippen molar-refractivity contribution in [2.24, 2.45) is 5.73 Å². The molecule has 1 rings (SSSR count). The zero-order valence-corrected chi connectivity index (χ0v) is 14.2. The Balaban J connectivity index is 2.87. The maximum Gasteiger partial charge on any atom is 0.243 e. The van der Waals surface area contributed by atoms with Gasteiger partial charge in [0.25, 0.3) is 0 Å². The average molecular weight is 351 g/mol. The van der Waals surface area contributed by atoms with Crippen molar-refractivity contribution in [3.8, 4) is 0 Å². The second kappa shape index (κ2) is 9.51. The molecule has 0 saturated carbocycles. The quantitative estimate of drug-likeness (QED) is 0.589. The van der Waals surface area contributed by atoms with Crippen LogP contribution >= 0.6 is 0 Å². The number of Topliss-reactive ketones (excluding diaryl/α,β-unsaturated/α-hetero) is 1. The molecule has 0 aliphatic rings. The number of benzene rings is 1. The summed E-state index contributed by atoms with van der Waals surface area (Å²) < 4.78 is 13.8. The summed E-state index contributed by atoms with van der Waals surface area (Å²) in [7, 11) is 0. The standard InChI is InChI=1S/C17H22FN3O4/c1-10(22)7-8-14(16(19)24)21-17(25)15(20-11(2)23)9-12-5-3-4-6-13(12)18/h3-6,14-15H,7-9H2,1-2H3,(H2,19,24)(H,20,23)(H,21,25)/t14-,15+/m1/s1. The number of carbonyl (C=O) groups is 4. The van der Waals surface area contributed by atoms with E-state index in [1.165, 1.54) is 32.0 Å². The van der Waals surface area contributed by atoms with Crippen molar-refractivity contribution in [1.29, 1.82) is 0 Å². The van der Waals surface area contributed by atoms with Crippen molar-refractivity contribution in [2.45, 2.75) is 45.2 Å². The second-order valence-corrected chi connectivity index (χ2v) is 5.75. The van der Waals surface area contributed by atoms with Gasteiger partial charge in [-0.25, -0.2) is 4.39 Å². The first-order valence-corrected chi connectivity index (χ1v) is 7.80. The van der Waals surface area contributed by atoms with E-state index in [4.69, 9.17) is 5.73 Å². The molecule has 3 amide bonds. The van der Waals surface area contributed by atoms with Crippen LogP contribution in [-0.4, -0.2) is 35.6 Å². The molecule has 0 saturated heterocycles. The Labute approximate surface area is 145 Å². The number of primary amides is 1. The number of hydrogen-bond donors (Lipinski definition) is 3. The molecule has 0 aliphatic heterocycles. The molecular weight excluding hydrogens is 329 g/mol. The van der Waals surface area contributed by atoms with Crippen LogP contribution in [0.2, 0.25) is 0 Å². The predicted molar refractivity (Wildman–Crippen MR) is 88.7 cm³/mol. The molecular formula is C17H22FN3O4. The Morgan fingerprint density at radius 3 is 2.24 bits per heavy atom. The van der Waals surface area contributed by atoms with Crippen molar-refractivity contribution in [1.82, 2.24) is 10.6 Å². The monoisotopic (exact) mass is 351 g/mol. The fourth-order valence-electron chi connectivity index (χ4n) is 2.24. The van der Waals surface area contributed by atoms with Gasteiger partial charge in [-0.05, 0) is 25.0 Å². The van der Waals surface area contributed by atoms with E-state index in [1.54, 1.807) is 6.07 Å². The van der Waals surface area contributed by atoms with Gasteiger partial charge in [-0.3, -0.25) is 14.4 Å². The van der Waals surface area contributed by atoms with Crippen LogP contribution in [0.15, 0.2) is 24.3 Å². The number of ketones is 1. The lowest BCUT2D eigenvalue weighted by molar-refractivity contribution is -0.131. The third-order valence-electron chi connectivity index (χ3n) is 3.52. The number of nitrogens with two attached hydrogens (primary N) is 1. The average Bonchev–Trinajstić information content (AvgIpc) is 2.51. The summed E-state index contributed by atoms with van der Waals surface area (Å²) in [6, 6.07) is 3.75. The largest absolute Gasteiger partial charge is 0.368 e. The summed E-state index contributed by atoms with van der Waals surface area (Å²) >= 11 is 0. The highest BCUT2D eigenvalue weighted by atomic mass is 19.1. The van der Waals surface area contributed by atoms with Gasteiger partial charge in [-0.2, -0.15) is 0 Å². The first kappa shape index (κ1) is 20.3. The summed E-state index contributed by atoms with van der Waals surface area (Å²) in [6.07, 6.45) is 0.0468.